The second kappa shape index (κ2) is 6.05. The van der Waals surface area contributed by atoms with Gasteiger partial charge < -0.3 is 9.73 Å². The highest BCUT2D eigenvalue weighted by atomic mass is 16.3. The molecule has 3 nitrogen and oxygen atoms in total. The molecule has 0 aliphatic heterocycles. The van der Waals surface area contributed by atoms with Gasteiger partial charge in [0, 0.05) is 6.04 Å². The molecular formula is C15H17NO2. The van der Waals surface area contributed by atoms with Gasteiger partial charge >= 0.3 is 0 Å². The zero-order valence-corrected chi connectivity index (χ0v) is 10.4. The van der Waals surface area contributed by atoms with E-state index in [2.05, 4.69) is 17.4 Å². The van der Waals surface area contributed by atoms with Gasteiger partial charge in [-0.25, -0.2) is 0 Å². The standard InChI is InChI=1S/C15H17NO2/c1-12(9-10-13-6-3-2-4-7-13)16-15(17)14-8-5-11-18-14/h2-8,11-12H,9-10H2,1H3,(H,16,17)/t12-/m0/s1. The van der Waals surface area contributed by atoms with Crippen molar-refractivity contribution in [1.82, 2.24) is 5.32 Å². The lowest BCUT2D eigenvalue weighted by Crippen LogP contribution is -2.32. The summed E-state index contributed by atoms with van der Waals surface area (Å²) in [7, 11) is 0. The van der Waals surface area contributed by atoms with Crippen LogP contribution in [-0.2, 0) is 6.42 Å². The van der Waals surface area contributed by atoms with Gasteiger partial charge in [0.2, 0.25) is 0 Å². The quantitative estimate of drug-likeness (QED) is 0.877. The summed E-state index contributed by atoms with van der Waals surface area (Å²) in [6.07, 6.45) is 3.38. The van der Waals surface area contributed by atoms with Gasteiger partial charge in [-0.15, -0.1) is 0 Å². The van der Waals surface area contributed by atoms with Crippen LogP contribution in [0.15, 0.2) is 53.1 Å². The largest absolute Gasteiger partial charge is 0.459 e. The smallest absolute Gasteiger partial charge is 0.287 e. The van der Waals surface area contributed by atoms with E-state index in [1.165, 1.54) is 11.8 Å². The molecule has 0 aliphatic rings. The minimum absolute atomic E-state index is 0.128. The number of carbonyl (C=O) groups is 1. The average Bonchev–Trinajstić information content (AvgIpc) is 2.91. The maximum Gasteiger partial charge on any atom is 0.287 e. The van der Waals surface area contributed by atoms with Crippen molar-refractivity contribution in [2.75, 3.05) is 0 Å². The van der Waals surface area contributed by atoms with Gasteiger partial charge in [-0.2, -0.15) is 0 Å². The van der Waals surface area contributed by atoms with Crippen LogP contribution in [-0.4, -0.2) is 11.9 Å². The SMILES string of the molecule is C[C@@H](CCc1ccccc1)NC(=O)c1ccco1. The molecular weight excluding hydrogens is 226 g/mol. The lowest BCUT2D eigenvalue weighted by Gasteiger charge is -2.12. The Hall–Kier alpha value is -2.03. The van der Waals surface area contributed by atoms with Gasteiger partial charge in [0.05, 0.1) is 6.26 Å². The average molecular weight is 243 g/mol. The Morgan fingerprint density at radius 1 is 1.22 bits per heavy atom. The molecule has 0 spiro atoms. The Balaban J connectivity index is 1.79. The van der Waals surface area contributed by atoms with Gasteiger partial charge in [-0.1, -0.05) is 30.3 Å². The second-order valence-corrected chi connectivity index (χ2v) is 4.38. The zero-order chi connectivity index (χ0) is 12.8. The molecule has 0 fully saturated rings. The van der Waals surface area contributed by atoms with E-state index in [9.17, 15) is 4.79 Å². The van der Waals surface area contributed by atoms with Crippen molar-refractivity contribution in [1.29, 1.82) is 0 Å². The summed E-state index contributed by atoms with van der Waals surface area (Å²) in [5.41, 5.74) is 1.29. The molecule has 1 aromatic carbocycles. The first-order valence-corrected chi connectivity index (χ1v) is 6.14. The molecule has 0 radical (unpaired) electrons. The van der Waals surface area contributed by atoms with E-state index < -0.39 is 0 Å². The Kier molecular flexibility index (Phi) is 4.18. The Labute approximate surface area is 107 Å². The fourth-order valence-corrected chi connectivity index (χ4v) is 1.80. The van der Waals surface area contributed by atoms with Crippen molar-refractivity contribution >= 4 is 5.91 Å². The van der Waals surface area contributed by atoms with Crippen LogP contribution >= 0.6 is 0 Å². The highest BCUT2D eigenvalue weighted by Crippen LogP contribution is 2.06. The first-order valence-electron chi connectivity index (χ1n) is 6.14. The number of nitrogens with one attached hydrogen (secondary N) is 1. The van der Waals surface area contributed by atoms with E-state index in [4.69, 9.17) is 4.42 Å². The van der Waals surface area contributed by atoms with Crippen LogP contribution in [0, 0.1) is 0 Å². The van der Waals surface area contributed by atoms with Gasteiger partial charge in [0.1, 0.15) is 0 Å². The van der Waals surface area contributed by atoms with Crippen molar-refractivity contribution < 1.29 is 9.21 Å². The third-order valence-electron chi connectivity index (χ3n) is 2.83. The number of hydrogen-bond acceptors (Lipinski definition) is 2. The van der Waals surface area contributed by atoms with Crippen LogP contribution in [0.1, 0.15) is 29.5 Å². The highest BCUT2D eigenvalue weighted by molar-refractivity contribution is 5.91. The predicted molar refractivity (Wildman–Crippen MR) is 70.4 cm³/mol. The minimum Gasteiger partial charge on any atom is -0.459 e. The molecule has 1 amide bonds. The fourth-order valence-electron chi connectivity index (χ4n) is 1.80. The van der Waals surface area contributed by atoms with Gasteiger partial charge in [0.15, 0.2) is 5.76 Å². The number of aryl methyl sites for hydroxylation is 1. The summed E-state index contributed by atoms with van der Waals surface area (Å²) in [4.78, 5) is 11.7. The summed E-state index contributed by atoms with van der Waals surface area (Å²) in [6.45, 7) is 2.00. The van der Waals surface area contributed by atoms with E-state index in [0.29, 0.717) is 5.76 Å². The molecule has 0 bridgehead atoms. The zero-order valence-electron chi connectivity index (χ0n) is 10.4. The molecule has 0 unspecified atom stereocenters. The summed E-state index contributed by atoms with van der Waals surface area (Å²) in [5.74, 6) is 0.210. The molecule has 0 saturated heterocycles. The van der Waals surface area contributed by atoms with Crippen LogP contribution < -0.4 is 5.32 Å². The van der Waals surface area contributed by atoms with Crippen LogP contribution in [0.2, 0.25) is 0 Å². The number of benzene rings is 1. The molecule has 0 aliphatic carbocycles. The summed E-state index contributed by atoms with van der Waals surface area (Å²) in [6, 6.07) is 13.8. The summed E-state index contributed by atoms with van der Waals surface area (Å²) < 4.78 is 5.05. The van der Waals surface area contributed by atoms with Gasteiger partial charge in [-0.3, -0.25) is 4.79 Å². The highest BCUT2D eigenvalue weighted by Gasteiger charge is 2.11. The molecule has 0 saturated carbocycles. The third kappa shape index (κ3) is 3.48. The number of hydrogen-bond donors (Lipinski definition) is 1. The number of amides is 1. The van der Waals surface area contributed by atoms with Gasteiger partial charge in [0.25, 0.3) is 5.91 Å². The molecule has 1 heterocycles. The second-order valence-electron chi connectivity index (χ2n) is 4.38. The minimum atomic E-state index is -0.152. The summed E-state index contributed by atoms with van der Waals surface area (Å²) in [5, 5.41) is 2.92. The van der Waals surface area contributed by atoms with E-state index in [0.717, 1.165) is 12.8 Å². The Morgan fingerprint density at radius 3 is 2.67 bits per heavy atom. The van der Waals surface area contributed by atoms with E-state index in [1.807, 2.05) is 25.1 Å². The molecule has 18 heavy (non-hydrogen) atoms. The Bertz CT molecular complexity index is 476. The van der Waals surface area contributed by atoms with E-state index >= 15 is 0 Å². The monoisotopic (exact) mass is 243 g/mol. The lowest BCUT2D eigenvalue weighted by atomic mass is 10.1. The van der Waals surface area contributed by atoms with Crippen LogP contribution in [0.25, 0.3) is 0 Å². The molecule has 1 atom stereocenters. The molecule has 1 N–H and O–H groups in total. The summed E-state index contributed by atoms with van der Waals surface area (Å²) >= 11 is 0. The molecule has 94 valence electrons. The van der Waals surface area contributed by atoms with Crippen LogP contribution in [0.4, 0.5) is 0 Å². The molecule has 2 aromatic rings. The number of rotatable bonds is 5. The Morgan fingerprint density at radius 2 is 2.00 bits per heavy atom. The van der Waals surface area contributed by atoms with Crippen molar-refractivity contribution in [3.05, 3.63) is 60.1 Å². The topological polar surface area (TPSA) is 42.2 Å². The maximum absolute atomic E-state index is 11.7. The first-order chi connectivity index (χ1) is 8.75. The van der Waals surface area contributed by atoms with E-state index in [1.54, 1.807) is 12.1 Å². The third-order valence-corrected chi connectivity index (χ3v) is 2.83. The molecule has 3 heteroatoms. The van der Waals surface area contributed by atoms with Crippen molar-refractivity contribution in [3.63, 3.8) is 0 Å². The van der Waals surface area contributed by atoms with Crippen molar-refractivity contribution in [2.24, 2.45) is 0 Å². The molecule has 1 aromatic heterocycles. The first kappa shape index (κ1) is 12.4. The van der Waals surface area contributed by atoms with Crippen molar-refractivity contribution in [2.45, 2.75) is 25.8 Å². The fraction of sp³-hybridized carbons (Fsp3) is 0.267. The van der Waals surface area contributed by atoms with Crippen molar-refractivity contribution in [3.8, 4) is 0 Å². The normalized spacial score (nSPS) is 12.1. The van der Waals surface area contributed by atoms with Crippen LogP contribution in [0.3, 0.4) is 0 Å². The number of furan rings is 1. The van der Waals surface area contributed by atoms with Crippen LogP contribution in [0.5, 0.6) is 0 Å². The van der Waals surface area contributed by atoms with E-state index in [-0.39, 0.29) is 11.9 Å². The maximum atomic E-state index is 11.7. The lowest BCUT2D eigenvalue weighted by molar-refractivity contribution is 0.0910. The molecule has 2 rings (SSSR count). The number of carbonyl (C=O) groups excluding carboxylic acids is 1. The van der Waals surface area contributed by atoms with Gasteiger partial charge in [-0.05, 0) is 37.5 Å². The predicted octanol–water partition coefficient (Wildman–Crippen LogP) is 3.03.